The van der Waals surface area contributed by atoms with Crippen molar-refractivity contribution in [1.29, 1.82) is 0 Å². The first-order valence-electron chi connectivity index (χ1n) is 2.23. The predicted molar refractivity (Wildman–Crippen MR) is 36.7 cm³/mol. The van der Waals surface area contributed by atoms with Crippen LogP contribution in [0.25, 0.3) is 0 Å². The van der Waals surface area contributed by atoms with Gasteiger partial charge in [0.2, 0.25) is 0 Å². The molecule has 1 atom stereocenters. The summed E-state index contributed by atoms with van der Waals surface area (Å²) in [6.45, 7) is 5.55. The molecule has 0 aliphatic carbocycles. The van der Waals surface area contributed by atoms with Crippen LogP contribution in [0.3, 0.4) is 0 Å². The minimum Gasteiger partial charge on any atom is -0.133 e. The summed E-state index contributed by atoms with van der Waals surface area (Å²) in [5, 5.41) is 0.996. The Morgan fingerprint density at radius 3 is 2.71 bits per heavy atom. The summed E-state index contributed by atoms with van der Waals surface area (Å²) in [7, 11) is 0. The van der Waals surface area contributed by atoms with E-state index < -0.39 is 0 Å². The largest absolute Gasteiger partial charge is 0.133 e. The van der Waals surface area contributed by atoms with E-state index >= 15 is 0 Å². The Balaban J connectivity index is 3.35. The van der Waals surface area contributed by atoms with Gasteiger partial charge in [0.05, 0.1) is 0 Å². The van der Waals surface area contributed by atoms with Crippen LogP contribution in [-0.4, -0.2) is 5.33 Å². The Hall–Kier alpha value is 0. The van der Waals surface area contributed by atoms with Gasteiger partial charge in [-0.15, -0.1) is 5.73 Å². The molecule has 0 saturated carbocycles. The molecule has 0 aromatic carbocycles. The van der Waals surface area contributed by atoms with Crippen molar-refractivity contribution in [3.05, 3.63) is 18.4 Å². The van der Waals surface area contributed by atoms with Crippen molar-refractivity contribution in [2.75, 3.05) is 5.33 Å². The lowest BCUT2D eigenvalue weighted by molar-refractivity contribution is 0.856. The van der Waals surface area contributed by atoms with Crippen LogP contribution in [0, 0.1) is 5.92 Å². The highest BCUT2D eigenvalue weighted by atomic mass is 79.9. The van der Waals surface area contributed by atoms with E-state index in [1.165, 1.54) is 0 Å². The molecular weight excluding hydrogens is 152 g/mol. The second kappa shape index (κ2) is 4.17. The SMILES string of the molecule is C=C=CC(C)CBr. The monoisotopic (exact) mass is 160 g/mol. The van der Waals surface area contributed by atoms with E-state index in [4.69, 9.17) is 0 Å². The second-order valence-corrected chi connectivity index (χ2v) is 2.15. The van der Waals surface area contributed by atoms with Crippen LogP contribution in [0.1, 0.15) is 6.92 Å². The van der Waals surface area contributed by atoms with Crippen molar-refractivity contribution in [3.8, 4) is 0 Å². The third-order valence-electron chi connectivity index (χ3n) is 0.646. The summed E-state index contributed by atoms with van der Waals surface area (Å²) in [6.07, 6.45) is 1.94. The minimum atomic E-state index is 0.567. The molecule has 0 amide bonds. The number of rotatable bonds is 2. The summed E-state index contributed by atoms with van der Waals surface area (Å²) in [5.74, 6) is 0.567. The zero-order chi connectivity index (χ0) is 5.70. The Morgan fingerprint density at radius 1 is 2.00 bits per heavy atom. The first kappa shape index (κ1) is 7.00. The molecule has 0 saturated heterocycles. The van der Waals surface area contributed by atoms with Gasteiger partial charge in [0, 0.05) is 5.33 Å². The van der Waals surface area contributed by atoms with E-state index in [9.17, 15) is 0 Å². The molecule has 1 unspecified atom stereocenters. The van der Waals surface area contributed by atoms with Crippen LogP contribution in [0.2, 0.25) is 0 Å². The van der Waals surface area contributed by atoms with Gasteiger partial charge in [0.1, 0.15) is 0 Å². The molecule has 0 N–H and O–H groups in total. The molecule has 0 aliphatic rings. The van der Waals surface area contributed by atoms with Gasteiger partial charge in [0.25, 0.3) is 0 Å². The lowest BCUT2D eigenvalue weighted by Crippen LogP contribution is -1.86. The first-order valence-corrected chi connectivity index (χ1v) is 3.35. The number of alkyl halides is 1. The van der Waals surface area contributed by atoms with Gasteiger partial charge in [-0.05, 0) is 12.0 Å². The molecule has 7 heavy (non-hydrogen) atoms. The van der Waals surface area contributed by atoms with Gasteiger partial charge >= 0.3 is 0 Å². The normalized spacial score (nSPS) is 12.3. The van der Waals surface area contributed by atoms with E-state index in [1.807, 2.05) is 6.08 Å². The molecular formula is C6H9Br. The van der Waals surface area contributed by atoms with E-state index in [-0.39, 0.29) is 0 Å². The maximum absolute atomic E-state index is 3.45. The summed E-state index contributed by atoms with van der Waals surface area (Å²) in [4.78, 5) is 0. The molecule has 0 aromatic heterocycles. The quantitative estimate of drug-likeness (QED) is 0.430. The maximum atomic E-state index is 3.45. The van der Waals surface area contributed by atoms with Crippen molar-refractivity contribution in [2.24, 2.45) is 5.92 Å². The molecule has 0 heterocycles. The molecule has 0 spiro atoms. The van der Waals surface area contributed by atoms with E-state index in [2.05, 4.69) is 35.2 Å². The average molecular weight is 161 g/mol. The summed E-state index contributed by atoms with van der Waals surface area (Å²) >= 11 is 3.32. The topological polar surface area (TPSA) is 0 Å². The number of allylic oxidation sites excluding steroid dienone is 1. The lowest BCUT2D eigenvalue weighted by Gasteiger charge is -1.92. The fourth-order valence-electron chi connectivity index (χ4n) is 0.246. The minimum absolute atomic E-state index is 0.567. The fraction of sp³-hybridized carbons (Fsp3) is 0.500. The lowest BCUT2D eigenvalue weighted by atomic mass is 10.2. The van der Waals surface area contributed by atoms with Crippen molar-refractivity contribution in [1.82, 2.24) is 0 Å². The maximum Gasteiger partial charge on any atom is 0.00977 e. The highest BCUT2D eigenvalue weighted by Crippen LogP contribution is 1.98. The Morgan fingerprint density at radius 2 is 2.57 bits per heavy atom. The number of halogens is 1. The zero-order valence-corrected chi connectivity index (χ0v) is 6.03. The molecule has 0 radical (unpaired) electrons. The predicted octanol–water partition coefficient (Wildman–Crippen LogP) is 2.36. The molecule has 1 heteroatoms. The highest BCUT2D eigenvalue weighted by molar-refractivity contribution is 9.09. The van der Waals surface area contributed by atoms with Gasteiger partial charge in [-0.25, -0.2) is 0 Å². The molecule has 0 fully saturated rings. The van der Waals surface area contributed by atoms with E-state index in [0.29, 0.717) is 5.92 Å². The average Bonchev–Trinajstić information content (AvgIpc) is 1.68. The summed E-state index contributed by atoms with van der Waals surface area (Å²) < 4.78 is 0. The molecule has 0 nitrogen and oxygen atoms in total. The van der Waals surface area contributed by atoms with Gasteiger partial charge in [-0.3, -0.25) is 0 Å². The molecule has 40 valence electrons. The Labute approximate surface area is 53.1 Å². The third-order valence-corrected chi connectivity index (χ3v) is 1.67. The summed E-state index contributed by atoms with van der Waals surface area (Å²) in [6, 6.07) is 0. The Kier molecular flexibility index (Phi) is 4.17. The van der Waals surface area contributed by atoms with Crippen molar-refractivity contribution in [2.45, 2.75) is 6.92 Å². The smallest absolute Gasteiger partial charge is 0.00977 e. The van der Waals surface area contributed by atoms with Crippen molar-refractivity contribution < 1.29 is 0 Å². The van der Waals surface area contributed by atoms with Crippen LogP contribution in [0.15, 0.2) is 18.4 Å². The molecule has 0 rings (SSSR count). The fourth-order valence-corrected chi connectivity index (χ4v) is 0.433. The molecule has 0 aromatic rings. The van der Waals surface area contributed by atoms with Crippen LogP contribution in [0.5, 0.6) is 0 Å². The van der Waals surface area contributed by atoms with Gasteiger partial charge in [-0.2, -0.15) is 0 Å². The van der Waals surface area contributed by atoms with Gasteiger partial charge in [-0.1, -0.05) is 29.4 Å². The van der Waals surface area contributed by atoms with Crippen LogP contribution in [-0.2, 0) is 0 Å². The van der Waals surface area contributed by atoms with Crippen LogP contribution < -0.4 is 0 Å². The molecule has 0 bridgehead atoms. The third kappa shape index (κ3) is 3.84. The molecule has 0 aliphatic heterocycles. The standard InChI is InChI=1S/C6H9Br/c1-3-4-6(2)5-7/h4,6H,1,5H2,2H3. The van der Waals surface area contributed by atoms with E-state index in [1.54, 1.807) is 0 Å². The van der Waals surface area contributed by atoms with Gasteiger partial charge in [0.15, 0.2) is 0 Å². The van der Waals surface area contributed by atoms with Gasteiger partial charge < -0.3 is 0 Å². The number of hydrogen-bond acceptors (Lipinski definition) is 0. The Bertz CT molecular complexity index is 80.2. The highest BCUT2D eigenvalue weighted by Gasteiger charge is 1.87. The zero-order valence-electron chi connectivity index (χ0n) is 4.45. The first-order chi connectivity index (χ1) is 3.31. The second-order valence-electron chi connectivity index (χ2n) is 1.50. The van der Waals surface area contributed by atoms with Crippen molar-refractivity contribution in [3.63, 3.8) is 0 Å². The summed E-state index contributed by atoms with van der Waals surface area (Å²) in [5.41, 5.74) is 2.71. The van der Waals surface area contributed by atoms with Crippen LogP contribution in [0.4, 0.5) is 0 Å². The van der Waals surface area contributed by atoms with Crippen LogP contribution >= 0.6 is 15.9 Å². The number of hydrogen-bond donors (Lipinski definition) is 0. The van der Waals surface area contributed by atoms with E-state index in [0.717, 1.165) is 5.33 Å². The van der Waals surface area contributed by atoms with Crippen molar-refractivity contribution >= 4 is 15.9 Å².